The van der Waals surface area contributed by atoms with Crippen molar-refractivity contribution in [1.82, 2.24) is 4.90 Å². The molecule has 0 unspecified atom stereocenters. The zero-order valence-electron chi connectivity index (χ0n) is 7.52. The number of likely N-dealkylation sites (tertiary alicyclic amines) is 1. The van der Waals surface area contributed by atoms with Crippen molar-refractivity contribution in [3.05, 3.63) is 0 Å². The van der Waals surface area contributed by atoms with E-state index in [1.54, 1.807) is 0 Å². The first-order chi connectivity index (χ1) is 5.25. The summed E-state index contributed by atoms with van der Waals surface area (Å²) < 4.78 is 12.0. The Bertz CT molecular complexity index is 114. The second kappa shape index (κ2) is 4.05. The standard InChI is InChI=1S/C9H18FN/c1-8-4-3-6-11(7-5-10)9(8)2/h8-9H,3-7H2,1-2H3/t8-,9-/m1/s1. The molecular formula is C9H18FN. The van der Waals surface area contributed by atoms with Gasteiger partial charge in [0, 0.05) is 12.6 Å². The molecule has 2 atom stereocenters. The predicted molar refractivity (Wildman–Crippen MR) is 45.4 cm³/mol. The molecule has 1 saturated heterocycles. The van der Waals surface area contributed by atoms with Gasteiger partial charge in [-0.25, -0.2) is 4.39 Å². The molecule has 1 aliphatic heterocycles. The van der Waals surface area contributed by atoms with Crippen LogP contribution >= 0.6 is 0 Å². The van der Waals surface area contributed by atoms with Gasteiger partial charge >= 0.3 is 0 Å². The van der Waals surface area contributed by atoms with Gasteiger partial charge in [-0.05, 0) is 32.2 Å². The molecule has 0 N–H and O–H groups in total. The lowest BCUT2D eigenvalue weighted by Gasteiger charge is -2.37. The Hall–Kier alpha value is -0.110. The zero-order chi connectivity index (χ0) is 8.27. The molecule has 0 aromatic carbocycles. The van der Waals surface area contributed by atoms with Crippen molar-refractivity contribution in [3.8, 4) is 0 Å². The highest BCUT2D eigenvalue weighted by Gasteiger charge is 2.23. The number of alkyl halides is 1. The minimum absolute atomic E-state index is 0.197. The molecule has 0 aromatic heterocycles. The van der Waals surface area contributed by atoms with E-state index in [2.05, 4.69) is 18.7 Å². The van der Waals surface area contributed by atoms with Gasteiger partial charge in [-0.3, -0.25) is 4.90 Å². The average Bonchev–Trinajstić information content (AvgIpc) is 1.99. The van der Waals surface area contributed by atoms with Gasteiger partial charge in [0.2, 0.25) is 0 Å². The van der Waals surface area contributed by atoms with Crippen molar-refractivity contribution >= 4 is 0 Å². The summed E-state index contributed by atoms with van der Waals surface area (Å²) in [4.78, 5) is 2.26. The molecule has 1 rings (SSSR count). The molecule has 1 nitrogen and oxygen atoms in total. The summed E-state index contributed by atoms with van der Waals surface area (Å²) in [5, 5.41) is 0. The fraction of sp³-hybridized carbons (Fsp3) is 1.00. The van der Waals surface area contributed by atoms with Crippen molar-refractivity contribution in [1.29, 1.82) is 0 Å². The summed E-state index contributed by atoms with van der Waals surface area (Å²) in [7, 11) is 0. The first-order valence-electron chi connectivity index (χ1n) is 4.55. The summed E-state index contributed by atoms with van der Waals surface area (Å²) in [6.45, 7) is 5.99. The molecule has 1 heterocycles. The van der Waals surface area contributed by atoms with E-state index < -0.39 is 0 Å². The van der Waals surface area contributed by atoms with Gasteiger partial charge in [-0.15, -0.1) is 0 Å². The first kappa shape index (κ1) is 8.98. The topological polar surface area (TPSA) is 3.24 Å². The number of hydrogen-bond acceptors (Lipinski definition) is 1. The van der Waals surface area contributed by atoms with Gasteiger partial charge in [0.15, 0.2) is 0 Å². The van der Waals surface area contributed by atoms with E-state index in [1.807, 2.05) is 0 Å². The maximum Gasteiger partial charge on any atom is 0.102 e. The second-order valence-corrected chi connectivity index (χ2v) is 3.59. The molecule has 0 aliphatic carbocycles. The highest BCUT2D eigenvalue weighted by atomic mass is 19.1. The Morgan fingerprint density at radius 2 is 2.18 bits per heavy atom. The predicted octanol–water partition coefficient (Wildman–Crippen LogP) is 2.08. The molecule has 0 amide bonds. The fourth-order valence-corrected chi connectivity index (χ4v) is 1.85. The van der Waals surface area contributed by atoms with E-state index in [-0.39, 0.29) is 6.67 Å². The van der Waals surface area contributed by atoms with Crippen LogP contribution < -0.4 is 0 Å². The summed E-state index contributed by atoms with van der Waals surface area (Å²) in [5.74, 6) is 0.746. The van der Waals surface area contributed by atoms with Crippen LogP contribution in [-0.2, 0) is 0 Å². The molecule has 0 aromatic rings. The van der Waals surface area contributed by atoms with Crippen LogP contribution in [0.4, 0.5) is 4.39 Å². The monoisotopic (exact) mass is 159 g/mol. The number of rotatable bonds is 2. The van der Waals surface area contributed by atoms with Crippen LogP contribution in [0.1, 0.15) is 26.7 Å². The van der Waals surface area contributed by atoms with Crippen LogP contribution in [0, 0.1) is 5.92 Å². The lowest BCUT2D eigenvalue weighted by atomic mass is 9.92. The maximum atomic E-state index is 12.0. The van der Waals surface area contributed by atoms with E-state index in [9.17, 15) is 4.39 Å². The fourth-order valence-electron chi connectivity index (χ4n) is 1.85. The Morgan fingerprint density at radius 3 is 2.82 bits per heavy atom. The quantitative estimate of drug-likeness (QED) is 0.596. The lowest BCUT2D eigenvalue weighted by Crippen LogP contribution is -2.43. The Balaban J connectivity index is 2.38. The molecule has 66 valence electrons. The summed E-state index contributed by atoms with van der Waals surface area (Å²) >= 11 is 0. The number of halogens is 1. The van der Waals surface area contributed by atoms with E-state index in [0.717, 1.165) is 12.5 Å². The van der Waals surface area contributed by atoms with E-state index in [1.165, 1.54) is 12.8 Å². The van der Waals surface area contributed by atoms with Crippen molar-refractivity contribution < 1.29 is 4.39 Å². The Kier molecular flexibility index (Phi) is 3.31. The van der Waals surface area contributed by atoms with Crippen molar-refractivity contribution in [2.75, 3.05) is 19.8 Å². The molecular weight excluding hydrogens is 141 g/mol. The number of nitrogens with zero attached hydrogens (tertiary/aromatic N) is 1. The van der Waals surface area contributed by atoms with Gasteiger partial charge in [0.05, 0.1) is 0 Å². The third-order valence-electron chi connectivity index (χ3n) is 2.88. The Morgan fingerprint density at radius 1 is 1.45 bits per heavy atom. The van der Waals surface area contributed by atoms with Crippen LogP contribution in [0.2, 0.25) is 0 Å². The van der Waals surface area contributed by atoms with Crippen LogP contribution in [0.3, 0.4) is 0 Å². The zero-order valence-corrected chi connectivity index (χ0v) is 7.52. The minimum atomic E-state index is -0.197. The lowest BCUT2D eigenvalue weighted by molar-refractivity contribution is 0.106. The van der Waals surface area contributed by atoms with Crippen molar-refractivity contribution in [3.63, 3.8) is 0 Å². The van der Waals surface area contributed by atoms with Gasteiger partial charge in [-0.1, -0.05) is 6.92 Å². The van der Waals surface area contributed by atoms with Crippen molar-refractivity contribution in [2.24, 2.45) is 5.92 Å². The first-order valence-corrected chi connectivity index (χ1v) is 4.55. The van der Waals surface area contributed by atoms with Crippen molar-refractivity contribution in [2.45, 2.75) is 32.7 Å². The van der Waals surface area contributed by atoms with Crippen LogP contribution in [0.25, 0.3) is 0 Å². The molecule has 0 saturated carbocycles. The van der Waals surface area contributed by atoms with Crippen LogP contribution in [0.15, 0.2) is 0 Å². The SMILES string of the molecule is C[C@@H]1CCCN(CCF)[C@@H]1C. The maximum absolute atomic E-state index is 12.0. The molecule has 1 fully saturated rings. The van der Waals surface area contributed by atoms with Crippen LogP contribution in [-0.4, -0.2) is 30.7 Å². The largest absolute Gasteiger partial charge is 0.298 e. The van der Waals surface area contributed by atoms with E-state index in [0.29, 0.717) is 12.6 Å². The second-order valence-electron chi connectivity index (χ2n) is 3.59. The Labute approximate surface area is 68.6 Å². The third-order valence-corrected chi connectivity index (χ3v) is 2.88. The highest BCUT2D eigenvalue weighted by Crippen LogP contribution is 2.21. The van der Waals surface area contributed by atoms with Crippen LogP contribution in [0.5, 0.6) is 0 Å². The normalized spacial score (nSPS) is 34.1. The summed E-state index contributed by atoms with van der Waals surface area (Å²) in [6, 6.07) is 0.583. The van der Waals surface area contributed by atoms with E-state index in [4.69, 9.17) is 0 Å². The van der Waals surface area contributed by atoms with Gasteiger partial charge in [-0.2, -0.15) is 0 Å². The smallest absolute Gasteiger partial charge is 0.102 e. The highest BCUT2D eigenvalue weighted by molar-refractivity contribution is 4.77. The molecule has 0 bridgehead atoms. The molecule has 0 radical (unpaired) electrons. The molecule has 11 heavy (non-hydrogen) atoms. The molecule has 0 spiro atoms. The average molecular weight is 159 g/mol. The van der Waals surface area contributed by atoms with Gasteiger partial charge in [0.25, 0.3) is 0 Å². The number of hydrogen-bond donors (Lipinski definition) is 0. The minimum Gasteiger partial charge on any atom is -0.298 e. The summed E-state index contributed by atoms with van der Waals surface area (Å²) in [5.41, 5.74) is 0. The number of piperidine rings is 1. The van der Waals surface area contributed by atoms with E-state index >= 15 is 0 Å². The summed E-state index contributed by atoms with van der Waals surface area (Å²) in [6.07, 6.45) is 2.55. The molecule has 1 aliphatic rings. The third kappa shape index (κ3) is 2.16. The van der Waals surface area contributed by atoms with Gasteiger partial charge in [0.1, 0.15) is 6.67 Å². The van der Waals surface area contributed by atoms with Gasteiger partial charge < -0.3 is 0 Å². The molecule has 2 heteroatoms.